The maximum Gasteiger partial charge on any atom is 0.343 e. The molecule has 3 aliphatic rings. The summed E-state index contributed by atoms with van der Waals surface area (Å²) in [6.45, 7) is 8.08. The second-order valence-electron chi connectivity index (χ2n) is 8.61. The molecule has 0 aromatic rings. The van der Waals surface area contributed by atoms with Crippen LogP contribution >= 0.6 is 0 Å². The first-order valence-corrected chi connectivity index (χ1v) is 10.0. The highest BCUT2D eigenvalue weighted by Gasteiger charge is 2.52. The zero-order valence-electron chi connectivity index (χ0n) is 17.9. The van der Waals surface area contributed by atoms with E-state index in [0.29, 0.717) is 18.4 Å². The number of hydrogen-bond donors (Lipinski definition) is 1. The van der Waals surface area contributed by atoms with Crippen LogP contribution in [0.4, 0.5) is 0 Å². The molecule has 3 rings (SSSR count). The lowest BCUT2D eigenvalue weighted by atomic mass is 9.86. The van der Waals surface area contributed by atoms with Crippen LogP contribution in [0.1, 0.15) is 53.9 Å². The highest BCUT2D eigenvalue weighted by Crippen LogP contribution is 2.47. The van der Waals surface area contributed by atoms with Crippen LogP contribution in [0.2, 0.25) is 0 Å². The van der Waals surface area contributed by atoms with Gasteiger partial charge in [-0.05, 0) is 39.7 Å². The molecule has 0 aromatic carbocycles. The molecule has 0 unspecified atom stereocenters. The number of carbonyl (C=O) groups excluding carboxylic acids is 3. The van der Waals surface area contributed by atoms with E-state index in [1.165, 1.54) is 13.0 Å². The van der Waals surface area contributed by atoms with Gasteiger partial charge in [0.1, 0.15) is 18.5 Å². The van der Waals surface area contributed by atoms with Crippen LogP contribution in [0.3, 0.4) is 0 Å². The summed E-state index contributed by atoms with van der Waals surface area (Å²) in [6.07, 6.45) is 3.23. The first kappa shape index (κ1) is 22.2. The van der Waals surface area contributed by atoms with E-state index in [4.69, 9.17) is 18.9 Å². The molecule has 3 heterocycles. The Balaban J connectivity index is 2.10. The van der Waals surface area contributed by atoms with Crippen molar-refractivity contribution in [1.82, 2.24) is 0 Å². The van der Waals surface area contributed by atoms with Crippen molar-refractivity contribution < 1.29 is 38.4 Å². The Labute approximate surface area is 175 Å². The Morgan fingerprint density at radius 1 is 1.30 bits per heavy atom. The third kappa shape index (κ3) is 4.49. The summed E-state index contributed by atoms with van der Waals surface area (Å²) in [5, 5.41) is 11.0. The van der Waals surface area contributed by atoms with E-state index < -0.39 is 41.3 Å². The van der Waals surface area contributed by atoms with Crippen LogP contribution in [-0.4, -0.2) is 47.1 Å². The lowest BCUT2D eigenvalue weighted by molar-refractivity contribution is -0.238. The molecule has 1 saturated heterocycles. The van der Waals surface area contributed by atoms with Crippen molar-refractivity contribution in [2.24, 2.45) is 5.92 Å². The Kier molecular flexibility index (Phi) is 5.93. The second-order valence-corrected chi connectivity index (χ2v) is 8.61. The minimum atomic E-state index is -1.40. The van der Waals surface area contributed by atoms with Gasteiger partial charge >= 0.3 is 17.9 Å². The minimum Gasteiger partial charge on any atom is -0.461 e. The third-order valence-corrected chi connectivity index (χ3v) is 5.61. The first-order valence-electron chi connectivity index (χ1n) is 10.0. The van der Waals surface area contributed by atoms with E-state index in [0.717, 1.165) is 5.57 Å². The van der Waals surface area contributed by atoms with Gasteiger partial charge in [0.25, 0.3) is 0 Å². The maximum atomic E-state index is 12.6. The van der Waals surface area contributed by atoms with E-state index in [1.54, 1.807) is 26.8 Å². The molecule has 0 aromatic heterocycles. The highest BCUT2D eigenvalue weighted by molar-refractivity contribution is 5.95. The Morgan fingerprint density at radius 3 is 2.63 bits per heavy atom. The van der Waals surface area contributed by atoms with Gasteiger partial charge in [-0.25, -0.2) is 9.59 Å². The number of ether oxygens (including phenoxy) is 4. The van der Waals surface area contributed by atoms with Crippen LogP contribution in [-0.2, 0) is 33.3 Å². The van der Waals surface area contributed by atoms with Gasteiger partial charge in [0.15, 0.2) is 5.79 Å². The van der Waals surface area contributed by atoms with E-state index in [9.17, 15) is 19.5 Å². The molecule has 0 amide bonds. The maximum absolute atomic E-state index is 12.6. The molecule has 3 aliphatic heterocycles. The molecule has 2 bridgehead atoms. The predicted molar refractivity (Wildman–Crippen MR) is 105 cm³/mol. The summed E-state index contributed by atoms with van der Waals surface area (Å²) < 4.78 is 22.2. The molecule has 164 valence electrons. The SMILES string of the molecule is CC(=O)OCC1=C2/C(=C\[C@@]3(C)CC[C@](O)(O3)[C@H](C)C[C@@H]2OC(=O)C=C(C)C)OC1=O. The van der Waals surface area contributed by atoms with E-state index in [2.05, 4.69) is 0 Å². The molecule has 4 atom stereocenters. The highest BCUT2D eigenvalue weighted by atomic mass is 16.6. The molecule has 1 N–H and O–H groups in total. The summed E-state index contributed by atoms with van der Waals surface area (Å²) in [5.74, 6) is -3.38. The van der Waals surface area contributed by atoms with Gasteiger partial charge in [-0.1, -0.05) is 12.5 Å². The van der Waals surface area contributed by atoms with E-state index >= 15 is 0 Å². The minimum absolute atomic E-state index is 0.118. The van der Waals surface area contributed by atoms with Gasteiger partial charge in [0.2, 0.25) is 0 Å². The normalized spacial score (nSPS) is 34.6. The van der Waals surface area contributed by atoms with Crippen molar-refractivity contribution in [2.75, 3.05) is 6.61 Å². The fraction of sp³-hybridized carbons (Fsp3) is 0.591. The van der Waals surface area contributed by atoms with Crippen molar-refractivity contribution in [3.05, 3.63) is 34.6 Å². The van der Waals surface area contributed by atoms with E-state index in [-0.39, 0.29) is 24.4 Å². The number of allylic oxidation sites excluding steroid dienone is 1. The van der Waals surface area contributed by atoms with Crippen molar-refractivity contribution in [3.63, 3.8) is 0 Å². The molecule has 0 saturated carbocycles. The number of esters is 3. The Morgan fingerprint density at radius 2 is 2.00 bits per heavy atom. The second kappa shape index (κ2) is 8.00. The van der Waals surface area contributed by atoms with Crippen molar-refractivity contribution in [2.45, 2.75) is 71.4 Å². The molecule has 0 radical (unpaired) electrons. The average Bonchev–Trinajstić information content (AvgIpc) is 3.08. The smallest absolute Gasteiger partial charge is 0.343 e. The molecule has 30 heavy (non-hydrogen) atoms. The number of hydrogen-bond acceptors (Lipinski definition) is 8. The largest absolute Gasteiger partial charge is 0.461 e. The van der Waals surface area contributed by atoms with Gasteiger partial charge in [-0.2, -0.15) is 0 Å². The number of aliphatic hydroxyl groups is 1. The van der Waals surface area contributed by atoms with Crippen LogP contribution in [0.25, 0.3) is 0 Å². The summed E-state index contributed by atoms with van der Waals surface area (Å²) in [4.78, 5) is 36.3. The van der Waals surface area contributed by atoms with Crippen LogP contribution in [0, 0.1) is 5.92 Å². The molecular weight excluding hydrogens is 392 g/mol. The lowest BCUT2D eigenvalue weighted by Gasteiger charge is -2.33. The van der Waals surface area contributed by atoms with Crippen LogP contribution in [0.5, 0.6) is 0 Å². The average molecular weight is 420 g/mol. The Bertz CT molecular complexity index is 862. The standard InChI is InChI=1S/C22H28O8/c1-12(2)8-18(24)28-16-9-13(3)22(26)7-6-21(5,30-22)10-17-19(16)15(20(25)29-17)11-27-14(4)23/h8,10,13,16,26H,6-7,9,11H2,1-5H3/b17-10+/t13-,16+,21-,22+/m1/s1. The molecule has 1 fully saturated rings. The van der Waals surface area contributed by atoms with Crippen molar-refractivity contribution in [1.29, 1.82) is 0 Å². The van der Waals surface area contributed by atoms with Crippen LogP contribution in [0.15, 0.2) is 34.6 Å². The lowest BCUT2D eigenvalue weighted by Crippen LogP contribution is -2.40. The van der Waals surface area contributed by atoms with Crippen LogP contribution < -0.4 is 0 Å². The number of carbonyl (C=O) groups is 3. The van der Waals surface area contributed by atoms with Gasteiger partial charge < -0.3 is 24.1 Å². The molecule has 0 aliphatic carbocycles. The van der Waals surface area contributed by atoms with E-state index in [1.807, 2.05) is 6.92 Å². The predicted octanol–water partition coefficient (Wildman–Crippen LogP) is 2.46. The van der Waals surface area contributed by atoms with Crippen molar-refractivity contribution >= 4 is 17.9 Å². The molecule has 8 heteroatoms. The fourth-order valence-electron chi connectivity index (χ4n) is 4.04. The monoisotopic (exact) mass is 420 g/mol. The summed E-state index contributed by atoms with van der Waals surface area (Å²) in [7, 11) is 0. The van der Waals surface area contributed by atoms with Gasteiger partial charge in [0, 0.05) is 30.9 Å². The van der Waals surface area contributed by atoms with Crippen molar-refractivity contribution in [3.8, 4) is 0 Å². The zero-order chi connectivity index (χ0) is 22.3. The number of rotatable bonds is 4. The molecule has 8 nitrogen and oxygen atoms in total. The summed E-state index contributed by atoms with van der Waals surface area (Å²) >= 11 is 0. The van der Waals surface area contributed by atoms with Gasteiger partial charge in [-0.15, -0.1) is 0 Å². The fourth-order valence-corrected chi connectivity index (χ4v) is 4.04. The van der Waals surface area contributed by atoms with Gasteiger partial charge in [0.05, 0.1) is 11.2 Å². The third-order valence-electron chi connectivity index (χ3n) is 5.61. The summed E-state index contributed by atoms with van der Waals surface area (Å²) in [6, 6.07) is 0. The first-order chi connectivity index (χ1) is 13.9. The van der Waals surface area contributed by atoms with Gasteiger partial charge in [-0.3, -0.25) is 4.79 Å². The number of fused-ring (bicyclic) bond motifs is 3. The Hall–Kier alpha value is -2.45. The zero-order valence-corrected chi connectivity index (χ0v) is 17.9. The topological polar surface area (TPSA) is 108 Å². The quantitative estimate of drug-likeness (QED) is 0.420. The molecular formula is C22H28O8. The molecule has 0 spiro atoms. The summed E-state index contributed by atoms with van der Waals surface area (Å²) in [5.41, 5.74) is 0.365.